The minimum atomic E-state index is -3.75. The van der Waals surface area contributed by atoms with E-state index in [0.29, 0.717) is 33.2 Å². The fraction of sp³-hybridized carbons (Fsp3) is 0.0455. The van der Waals surface area contributed by atoms with Crippen molar-refractivity contribution >= 4 is 104 Å². The van der Waals surface area contributed by atoms with Crippen molar-refractivity contribution in [3.63, 3.8) is 0 Å². The topological polar surface area (TPSA) is 179 Å². The van der Waals surface area contributed by atoms with Crippen molar-refractivity contribution in [2.24, 2.45) is 0 Å². The normalized spacial score (nSPS) is 13.9. The van der Waals surface area contributed by atoms with Crippen LogP contribution in [0.25, 0.3) is 84.1 Å². The second kappa shape index (κ2) is 37.0. The highest BCUT2D eigenvalue weighted by Crippen LogP contribution is 2.66. The Balaban J connectivity index is 1.16. The number of rotatable bonds is 25. The highest BCUT2D eigenvalue weighted by atomic mass is 35.5. The predicted octanol–water partition coefficient (Wildman–Crippen LogP) is 27.8. The molecular formula is C110H71Cl9F2N10O5. The van der Waals surface area contributed by atoms with Crippen LogP contribution in [-0.4, -0.2) is 68.2 Å². The van der Waals surface area contributed by atoms with Gasteiger partial charge in [-0.15, -0.1) is 0 Å². The van der Waals surface area contributed by atoms with E-state index in [9.17, 15) is 4.74 Å². The van der Waals surface area contributed by atoms with E-state index >= 15 is 29.2 Å². The zero-order valence-electron chi connectivity index (χ0n) is 71.0. The monoisotopic (exact) mass is 1960 g/mol. The van der Waals surface area contributed by atoms with Crippen molar-refractivity contribution in [1.82, 2.24) is 47.8 Å². The summed E-state index contributed by atoms with van der Waals surface area (Å²) in [4.78, 5) is 25.7. The molecule has 0 radical (unpaired) electrons. The number of nitrogens with zero attached hydrogens (tertiary/aromatic N) is 10. The molecule has 10 aromatic carbocycles. The van der Waals surface area contributed by atoms with Crippen molar-refractivity contribution in [2.75, 3.05) is 0 Å². The van der Waals surface area contributed by atoms with Gasteiger partial charge in [-0.25, -0.2) is 8.78 Å². The maximum Gasteiger partial charge on any atom is 0.239 e. The molecule has 20 aromatic rings. The first-order chi connectivity index (χ1) is 66.0. The summed E-state index contributed by atoms with van der Waals surface area (Å²) < 4.78 is 53.9. The summed E-state index contributed by atoms with van der Waals surface area (Å²) in [6.07, 6.45) is 21.5. The van der Waals surface area contributed by atoms with E-state index in [1.165, 1.54) is 86.1 Å². The second-order valence-corrected chi connectivity index (χ2v) is 36.2. The van der Waals surface area contributed by atoms with Crippen LogP contribution in [0.2, 0.25) is 45.2 Å². The van der Waals surface area contributed by atoms with E-state index in [4.69, 9.17) is 129 Å². The van der Waals surface area contributed by atoms with Gasteiger partial charge in [-0.2, -0.15) is 0 Å². The molecule has 0 aliphatic carbocycles. The van der Waals surface area contributed by atoms with Crippen molar-refractivity contribution in [3.05, 3.63) is 533 Å². The lowest BCUT2D eigenvalue weighted by Crippen LogP contribution is -2.60. The van der Waals surface area contributed by atoms with Gasteiger partial charge >= 0.3 is 0 Å². The van der Waals surface area contributed by atoms with E-state index in [1.54, 1.807) is 339 Å². The standard InChI is InChI=1S/C110H71Cl9F2N10O5/c111-74-37-35-68(36-38-74)87-42-52-127(82-26-6-21-76(113)58-82)101(87)107(133,71-17-12-48-123-65-71)100-99(95(41-51-126-100)106(132,70-16-11-47-122-64-70)102-92(90-40-39-81(120)63-97(90)119)44-54-128(102)83-27-7-22-77(114)59-83)109(104-94(91-32-2-4-34-98(91)121)46-56-130(104)85-29-9-24-79(116)61-85,108(134,72-18-13-49-124-66-72)103-93(89-31-1-3-33-96(89)118)45-55-129(103)84-28-8-23-78(115)60-84)136-110(135,73-19-14-50-125-67-73)105-88(69-15-5-20-75(112)57-69)43-53-131(105)86-30-10-25-80(117)62-86/h1-67,132-135H. The minimum Gasteiger partial charge on any atom is -0.375 e. The Bertz CT molecular complexity index is 7860. The zero-order valence-corrected chi connectivity index (χ0v) is 77.8. The van der Waals surface area contributed by atoms with E-state index in [2.05, 4.69) is 0 Å². The van der Waals surface area contributed by atoms with Crippen molar-refractivity contribution in [3.8, 4) is 84.1 Å². The molecular weight excluding hydrogens is 1900 g/mol. The highest BCUT2D eigenvalue weighted by Gasteiger charge is 2.69. The molecule has 4 N–H and O–H groups in total. The molecule has 10 heterocycles. The number of aromatic nitrogens is 10. The molecule has 20 rings (SSSR count). The molecule has 0 spiro atoms. The number of ether oxygens (including phenoxy) is 1. The quantitative estimate of drug-likeness (QED) is 0.0402. The SMILES string of the molecule is OC(OC(c1c(C(O)(c2cccnc2)c2c(-c3ccc(F)cc3Cl)ccn2-c2cccc(Cl)c2)ccnc1C(O)(c1cccnc1)c1c(-c2ccc(Cl)cc2)ccn1-c1cccc(Cl)c1)(c1c(-c2ccccc2F)ccn1-c1cccc(Cl)c1)C(O)(c1cccnc1)c1c(-c2ccccc2Cl)ccn1-c1cccc(Cl)c1)(c1cccnc1)c1c(-c2cccc(Cl)c2)ccn1-c1cccc(Cl)c1. The molecule has 0 amide bonds. The first-order valence-electron chi connectivity index (χ1n) is 42.6. The summed E-state index contributed by atoms with van der Waals surface area (Å²) in [5, 5.41) is 72.6. The van der Waals surface area contributed by atoms with Gasteiger partial charge in [-0.1, -0.05) is 220 Å². The van der Waals surface area contributed by atoms with Gasteiger partial charge in [-0.3, -0.25) is 24.9 Å². The van der Waals surface area contributed by atoms with Gasteiger partial charge in [0.1, 0.15) is 11.6 Å². The van der Waals surface area contributed by atoms with E-state index in [1.807, 2.05) is 0 Å². The van der Waals surface area contributed by atoms with E-state index in [-0.39, 0.29) is 147 Å². The highest BCUT2D eigenvalue weighted by molar-refractivity contribution is 6.35. The fourth-order valence-electron chi connectivity index (χ4n) is 18.8. The fourth-order valence-corrected chi connectivity index (χ4v) is 20.5. The predicted molar refractivity (Wildman–Crippen MR) is 534 cm³/mol. The van der Waals surface area contributed by atoms with Crippen LogP contribution >= 0.6 is 104 Å². The Kier molecular flexibility index (Phi) is 24.6. The van der Waals surface area contributed by atoms with Gasteiger partial charge in [0.25, 0.3) is 0 Å². The smallest absolute Gasteiger partial charge is 0.239 e. The molecule has 5 unspecified atom stereocenters. The molecule has 15 nitrogen and oxygen atoms in total. The van der Waals surface area contributed by atoms with Crippen LogP contribution in [0.3, 0.4) is 0 Å². The summed E-state index contributed by atoms with van der Waals surface area (Å²) in [6.45, 7) is 0. The van der Waals surface area contributed by atoms with Gasteiger partial charge in [0.15, 0.2) is 22.4 Å². The first kappa shape index (κ1) is 90.4. The van der Waals surface area contributed by atoms with Crippen LogP contribution < -0.4 is 0 Å². The van der Waals surface area contributed by atoms with E-state index < -0.39 is 56.6 Å². The van der Waals surface area contributed by atoms with Crippen molar-refractivity contribution in [2.45, 2.75) is 28.2 Å². The maximum atomic E-state index is 19.5. The molecule has 26 heteroatoms. The van der Waals surface area contributed by atoms with Crippen LogP contribution in [0.4, 0.5) is 8.78 Å². The maximum absolute atomic E-state index is 19.5. The average Bonchev–Trinajstić information content (AvgIpc) is 1.25. The molecule has 0 bridgehead atoms. The van der Waals surface area contributed by atoms with Gasteiger partial charge in [-0.05, 0) is 217 Å². The summed E-state index contributed by atoms with van der Waals surface area (Å²) in [5.74, 6) is -5.02. The van der Waals surface area contributed by atoms with Crippen LogP contribution in [0.15, 0.2) is 408 Å². The summed E-state index contributed by atoms with van der Waals surface area (Å²) >= 11 is 66.6. The Hall–Kier alpha value is -13.4. The first-order valence-corrected chi connectivity index (χ1v) is 46.0. The minimum absolute atomic E-state index is 0.0555. The second-order valence-electron chi connectivity index (χ2n) is 32.3. The number of aliphatic hydroxyl groups is 4. The third kappa shape index (κ3) is 15.9. The lowest BCUT2D eigenvalue weighted by Gasteiger charge is -2.54. The van der Waals surface area contributed by atoms with Gasteiger partial charge in [0, 0.05) is 233 Å². The molecule has 136 heavy (non-hydrogen) atoms. The largest absolute Gasteiger partial charge is 0.375 e. The molecule has 0 aliphatic rings. The average molecular weight is 1970 g/mol. The van der Waals surface area contributed by atoms with Crippen molar-refractivity contribution in [1.29, 1.82) is 0 Å². The lowest BCUT2D eigenvalue weighted by atomic mass is 9.62. The molecule has 0 fully saturated rings. The number of hydrogen-bond donors (Lipinski definition) is 4. The zero-order chi connectivity index (χ0) is 93.9. The Morgan fingerprint density at radius 3 is 1.16 bits per heavy atom. The third-order valence-corrected chi connectivity index (χ3v) is 26.8. The van der Waals surface area contributed by atoms with Gasteiger partial charge in [0.05, 0.1) is 39.2 Å². The number of halogens is 11. The van der Waals surface area contributed by atoms with Crippen LogP contribution in [0, 0.1) is 11.6 Å². The Morgan fingerprint density at radius 2 is 0.684 bits per heavy atom. The molecule has 5 atom stereocenters. The van der Waals surface area contributed by atoms with Crippen LogP contribution in [-0.2, 0) is 32.9 Å². The lowest BCUT2D eigenvalue weighted by molar-refractivity contribution is -0.291. The van der Waals surface area contributed by atoms with Crippen LogP contribution in [0.5, 0.6) is 0 Å². The molecule has 0 saturated carbocycles. The summed E-state index contributed by atoms with van der Waals surface area (Å²) in [5.41, 5.74) is -13.9. The third-order valence-electron chi connectivity index (χ3n) is 24.5. The van der Waals surface area contributed by atoms with E-state index in [0.717, 1.165) is 6.07 Å². The molecule has 10 aromatic heterocycles. The number of hydrogen-bond acceptors (Lipinski definition) is 10. The Labute approximate surface area is 824 Å². The number of pyridine rings is 5. The van der Waals surface area contributed by atoms with Gasteiger partial charge < -0.3 is 48.0 Å². The van der Waals surface area contributed by atoms with Gasteiger partial charge in [0.2, 0.25) is 5.79 Å². The summed E-state index contributed by atoms with van der Waals surface area (Å²) in [6, 6.07) is 87.7. The van der Waals surface area contributed by atoms with Crippen molar-refractivity contribution < 1.29 is 33.9 Å². The molecule has 0 saturated heterocycles. The number of benzene rings is 10. The molecule has 0 aliphatic heterocycles. The summed E-state index contributed by atoms with van der Waals surface area (Å²) in [7, 11) is 0. The van der Waals surface area contributed by atoms with Crippen LogP contribution in [0.1, 0.15) is 67.5 Å². The molecule has 668 valence electrons. The Morgan fingerprint density at radius 1 is 0.279 bits per heavy atom.